The molecule has 4 aromatic rings. The van der Waals surface area contributed by atoms with Gasteiger partial charge in [0.15, 0.2) is 0 Å². The molecule has 1 aliphatic rings. The topological polar surface area (TPSA) is 54.7 Å². The lowest BCUT2D eigenvalue weighted by atomic mass is 9.93. The molecule has 108 valence electrons. The fourth-order valence-corrected chi connectivity index (χ4v) is 3.89. The van der Waals surface area contributed by atoms with Crippen LogP contribution in [0, 0.1) is 0 Å². The minimum absolute atomic E-state index is 0.933. The molecule has 5 rings (SSSR count). The van der Waals surface area contributed by atoms with Crippen LogP contribution in [0.15, 0.2) is 36.4 Å². The van der Waals surface area contributed by atoms with Crippen LogP contribution in [0.1, 0.15) is 24.1 Å². The van der Waals surface area contributed by atoms with Gasteiger partial charge in [0.25, 0.3) is 0 Å². The monoisotopic (exact) mass is 287 g/mol. The molecule has 0 radical (unpaired) electrons. The number of anilines is 1. The lowest BCUT2D eigenvalue weighted by molar-refractivity contribution is 0.672. The summed E-state index contributed by atoms with van der Waals surface area (Å²) in [7, 11) is 0. The van der Waals surface area contributed by atoms with E-state index in [-0.39, 0.29) is 0 Å². The highest BCUT2D eigenvalue weighted by Crippen LogP contribution is 2.38. The van der Waals surface area contributed by atoms with Crippen LogP contribution in [0.3, 0.4) is 0 Å². The average Bonchev–Trinajstić information content (AvgIpc) is 2.94. The maximum atomic E-state index is 6.58. The van der Waals surface area contributed by atoms with Gasteiger partial charge < -0.3 is 10.7 Å². The third-order valence-corrected chi connectivity index (χ3v) is 4.95. The number of H-pyrrole nitrogens is 1. The van der Waals surface area contributed by atoms with Crippen molar-refractivity contribution in [3.05, 3.63) is 47.7 Å². The summed E-state index contributed by atoms with van der Waals surface area (Å²) in [5.41, 5.74) is 12.0. The normalized spacial score (nSPS) is 14.7. The molecule has 22 heavy (non-hydrogen) atoms. The fourth-order valence-electron chi connectivity index (χ4n) is 3.89. The first-order chi connectivity index (χ1) is 10.8. The number of nitrogens with zero attached hydrogens (tertiary/aromatic N) is 1. The average molecular weight is 287 g/mol. The van der Waals surface area contributed by atoms with E-state index in [4.69, 9.17) is 10.7 Å². The Morgan fingerprint density at radius 3 is 2.77 bits per heavy atom. The maximum Gasteiger partial charge on any atom is 0.140 e. The SMILES string of the molecule is Nc1c2c(nc3[nH]c4ccc5ccccc5c4c13)CCCC2. The predicted molar refractivity (Wildman–Crippen MR) is 92.2 cm³/mol. The Bertz CT molecular complexity index is 1040. The zero-order chi connectivity index (χ0) is 14.7. The van der Waals surface area contributed by atoms with Crippen molar-refractivity contribution in [1.82, 2.24) is 9.97 Å². The predicted octanol–water partition coefficient (Wildman–Crippen LogP) is 4.33. The Labute approximate surface area is 128 Å². The first-order valence-electron chi connectivity index (χ1n) is 7.93. The number of aryl methyl sites for hydroxylation is 1. The molecule has 0 saturated heterocycles. The second-order valence-corrected chi connectivity index (χ2v) is 6.22. The molecular formula is C19H17N3. The van der Waals surface area contributed by atoms with Gasteiger partial charge in [-0.1, -0.05) is 30.3 Å². The Morgan fingerprint density at radius 1 is 0.955 bits per heavy atom. The van der Waals surface area contributed by atoms with Crippen LogP contribution in [0.4, 0.5) is 5.69 Å². The maximum absolute atomic E-state index is 6.58. The molecule has 0 aliphatic heterocycles. The van der Waals surface area contributed by atoms with Gasteiger partial charge in [0.05, 0.1) is 5.39 Å². The van der Waals surface area contributed by atoms with Crippen LogP contribution < -0.4 is 5.73 Å². The third-order valence-electron chi connectivity index (χ3n) is 4.95. The van der Waals surface area contributed by atoms with Gasteiger partial charge in [-0.05, 0) is 48.1 Å². The van der Waals surface area contributed by atoms with E-state index in [0.29, 0.717) is 0 Å². The molecule has 0 bridgehead atoms. The molecule has 2 aromatic heterocycles. The highest BCUT2D eigenvalue weighted by molar-refractivity contribution is 6.23. The molecule has 0 unspecified atom stereocenters. The lowest BCUT2D eigenvalue weighted by Gasteiger charge is -2.17. The lowest BCUT2D eigenvalue weighted by Crippen LogP contribution is -2.09. The van der Waals surface area contributed by atoms with E-state index in [0.717, 1.165) is 35.1 Å². The number of nitrogens with two attached hydrogens (primary N) is 1. The van der Waals surface area contributed by atoms with E-state index in [1.165, 1.54) is 40.3 Å². The highest BCUT2D eigenvalue weighted by Gasteiger charge is 2.20. The van der Waals surface area contributed by atoms with Crippen LogP contribution in [-0.2, 0) is 12.8 Å². The number of benzene rings is 2. The van der Waals surface area contributed by atoms with Crippen LogP contribution in [0.5, 0.6) is 0 Å². The number of hydrogen-bond donors (Lipinski definition) is 2. The number of aromatic amines is 1. The summed E-state index contributed by atoms with van der Waals surface area (Å²) in [4.78, 5) is 8.36. The minimum Gasteiger partial charge on any atom is -0.398 e. The van der Waals surface area contributed by atoms with Crippen molar-refractivity contribution in [2.24, 2.45) is 0 Å². The summed E-state index contributed by atoms with van der Waals surface area (Å²) in [6, 6.07) is 12.8. The van der Waals surface area contributed by atoms with Crippen molar-refractivity contribution in [3.8, 4) is 0 Å². The third kappa shape index (κ3) is 1.48. The number of aromatic nitrogens is 2. The number of rotatable bonds is 0. The summed E-state index contributed by atoms with van der Waals surface area (Å²) in [6.45, 7) is 0. The summed E-state index contributed by atoms with van der Waals surface area (Å²) in [5.74, 6) is 0. The number of nitrogens with one attached hydrogen (secondary N) is 1. The second-order valence-electron chi connectivity index (χ2n) is 6.22. The Balaban J connectivity index is 2.03. The minimum atomic E-state index is 0.933. The molecule has 1 aliphatic carbocycles. The summed E-state index contributed by atoms with van der Waals surface area (Å²) < 4.78 is 0. The summed E-state index contributed by atoms with van der Waals surface area (Å²) in [6.07, 6.45) is 4.54. The highest BCUT2D eigenvalue weighted by atomic mass is 14.9. The number of hydrogen-bond acceptors (Lipinski definition) is 2. The Hall–Kier alpha value is -2.55. The Morgan fingerprint density at radius 2 is 1.82 bits per heavy atom. The molecule has 0 saturated carbocycles. The quantitative estimate of drug-likeness (QED) is 0.506. The number of nitrogen functional groups attached to an aromatic ring is 1. The van der Waals surface area contributed by atoms with Gasteiger partial charge >= 0.3 is 0 Å². The van der Waals surface area contributed by atoms with E-state index in [2.05, 4.69) is 41.4 Å². The smallest absolute Gasteiger partial charge is 0.140 e. The molecule has 3 N–H and O–H groups in total. The fraction of sp³-hybridized carbons (Fsp3) is 0.211. The standard InChI is InChI=1S/C19H17N3/c20-18-13-7-3-4-8-14(13)21-19-17(18)16-12-6-2-1-5-11(12)9-10-15(16)22-19/h1-2,5-6,9-10H,3-4,7-8H2,(H3,20,21,22). The molecule has 0 fully saturated rings. The molecule has 0 atom stereocenters. The van der Waals surface area contributed by atoms with Crippen LogP contribution in [0.2, 0.25) is 0 Å². The first kappa shape index (κ1) is 12.0. The van der Waals surface area contributed by atoms with Gasteiger partial charge in [0.2, 0.25) is 0 Å². The van der Waals surface area contributed by atoms with E-state index < -0.39 is 0 Å². The van der Waals surface area contributed by atoms with Crippen molar-refractivity contribution in [3.63, 3.8) is 0 Å². The van der Waals surface area contributed by atoms with E-state index in [9.17, 15) is 0 Å². The van der Waals surface area contributed by atoms with Crippen LogP contribution in [-0.4, -0.2) is 9.97 Å². The zero-order valence-electron chi connectivity index (χ0n) is 12.3. The van der Waals surface area contributed by atoms with Crippen molar-refractivity contribution < 1.29 is 0 Å². The van der Waals surface area contributed by atoms with Crippen LogP contribution in [0.25, 0.3) is 32.7 Å². The van der Waals surface area contributed by atoms with Gasteiger partial charge in [-0.25, -0.2) is 4.98 Å². The van der Waals surface area contributed by atoms with Gasteiger partial charge in [-0.2, -0.15) is 0 Å². The summed E-state index contributed by atoms with van der Waals surface area (Å²) >= 11 is 0. The van der Waals surface area contributed by atoms with E-state index in [1.807, 2.05) is 0 Å². The molecule has 0 spiro atoms. The van der Waals surface area contributed by atoms with Crippen molar-refractivity contribution in [1.29, 1.82) is 0 Å². The molecule has 2 aromatic carbocycles. The molecular weight excluding hydrogens is 270 g/mol. The van der Waals surface area contributed by atoms with Gasteiger partial charge in [-0.3, -0.25) is 0 Å². The van der Waals surface area contributed by atoms with Crippen molar-refractivity contribution >= 4 is 38.4 Å². The van der Waals surface area contributed by atoms with E-state index >= 15 is 0 Å². The van der Waals surface area contributed by atoms with Crippen molar-refractivity contribution in [2.45, 2.75) is 25.7 Å². The summed E-state index contributed by atoms with van der Waals surface area (Å²) in [5, 5.41) is 4.81. The molecule has 0 amide bonds. The largest absolute Gasteiger partial charge is 0.398 e. The van der Waals surface area contributed by atoms with Gasteiger partial charge in [-0.15, -0.1) is 0 Å². The molecule has 2 heterocycles. The molecule has 3 nitrogen and oxygen atoms in total. The Kier molecular flexibility index (Phi) is 2.31. The second kappa shape index (κ2) is 4.23. The van der Waals surface area contributed by atoms with Crippen LogP contribution >= 0.6 is 0 Å². The molecule has 3 heteroatoms. The number of pyridine rings is 1. The van der Waals surface area contributed by atoms with E-state index in [1.54, 1.807) is 0 Å². The zero-order valence-corrected chi connectivity index (χ0v) is 12.3. The first-order valence-corrected chi connectivity index (χ1v) is 7.93. The number of fused-ring (bicyclic) bond motifs is 6. The van der Waals surface area contributed by atoms with Gasteiger partial charge in [0, 0.05) is 22.3 Å². The van der Waals surface area contributed by atoms with Gasteiger partial charge in [0.1, 0.15) is 5.65 Å². The van der Waals surface area contributed by atoms with Crippen molar-refractivity contribution in [2.75, 3.05) is 5.73 Å².